The standard InChI is InChI=1S/C19H20BrNO2S2/c1-2-10-23-16-9-8-14(20)11-13(16)12-17-18(22)21(19(24)25-17)15-6-4-3-5-7-15/h2,8-9,11-12,15H,1,3-7,10H2/b17-12-. The van der Waals surface area contributed by atoms with Gasteiger partial charge in [0, 0.05) is 16.1 Å². The second kappa shape index (κ2) is 8.52. The van der Waals surface area contributed by atoms with Gasteiger partial charge in [-0.25, -0.2) is 0 Å². The summed E-state index contributed by atoms with van der Waals surface area (Å²) in [5.41, 5.74) is 0.861. The maximum absolute atomic E-state index is 12.9. The Morgan fingerprint density at radius 2 is 2.12 bits per heavy atom. The van der Waals surface area contributed by atoms with E-state index in [9.17, 15) is 4.79 Å². The molecule has 1 amide bonds. The zero-order valence-corrected chi connectivity index (χ0v) is 17.1. The Balaban J connectivity index is 1.86. The lowest BCUT2D eigenvalue weighted by atomic mass is 9.94. The minimum Gasteiger partial charge on any atom is -0.489 e. The molecule has 1 aliphatic carbocycles. The Morgan fingerprint density at radius 1 is 1.36 bits per heavy atom. The minimum atomic E-state index is 0.0246. The first-order valence-corrected chi connectivity index (χ1v) is 10.4. The van der Waals surface area contributed by atoms with Crippen LogP contribution in [0.1, 0.15) is 37.7 Å². The number of ether oxygens (including phenoxy) is 1. The van der Waals surface area contributed by atoms with Gasteiger partial charge in [0.1, 0.15) is 16.7 Å². The molecule has 0 atom stereocenters. The third-order valence-corrected chi connectivity index (χ3v) is 6.20. The lowest BCUT2D eigenvalue weighted by molar-refractivity contribution is -0.124. The molecule has 0 radical (unpaired) electrons. The van der Waals surface area contributed by atoms with Crippen molar-refractivity contribution >= 4 is 56.2 Å². The fourth-order valence-corrected chi connectivity index (χ4v) is 4.96. The molecule has 25 heavy (non-hydrogen) atoms. The highest BCUT2D eigenvalue weighted by atomic mass is 79.9. The summed E-state index contributed by atoms with van der Waals surface area (Å²) in [6, 6.07) is 6.02. The summed E-state index contributed by atoms with van der Waals surface area (Å²) >= 11 is 10.4. The second-order valence-corrected chi connectivity index (χ2v) is 8.72. The van der Waals surface area contributed by atoms with Crippen LogP contribution in [0.4, 0.5) is 0 Å². The van der Waals surface area contributed by atoms with E-state index in [1.165, 1.54) is 31.0 Å². The van der Waals surface area contributed by atoms with E-state index < -0.39 is 0 Å². The zero-order chi connectivity index (χ0) is 17.8. The Kier molecular flexibility index (Phi) is 6.36. The molecule has 1 aliphatic heterocycles. The normalized spacial score (nSPS) is 20.4. The molecule has 2 aliphatic rings. The molecule has 0 spiro atoms. The molecule has 3 rings (SSSR count). The van der Waals surface area contributed by atoms with Crippen molar-refractivity contribution in [3.05, 3.63) is 45.8 Å². The van der Waals surface area contributed by atoms with Gasteiger partial charge in [-0.2, -0.15) is 0 Å². The highest BCUT2D eigenvalue weighted by Crippen LogP contribution is 2.38. The first kappa shape index (κ1) is 18.7. The fraction of sp³-hybridized carbons (Fsp3) is 0.368. The molecule has 0 aromatic heterocycles. The smallest absolute Gasteiger partial charge is 0.266 e. The summed E-state index contributed by atoms with van der Waals surface area (Å²) < 4.78 is 7.32. The number of halogens is 1. The summed E-state index contributed by atoms with van der Waals surface area (Å²) in [7, 11) is 0. The van der Waals surface area contributed by atoms with E-state index in [4.69, 9.17) is 17.0 Å². The largest absolute Gasteiger partial charge is 0.489 e. The van der Waals surface area contributed by atoms with E-state index >= 15 is 0 Å². The quantitative estimate of drug-likeness (QED) is 0.343. The maximum Gasteiger partial charge on any atom is 0.266 e. The highest BCUT2D eigenvalue weighted by Gasteiger charge is 2.37. The topological polar surface area (TPSA) is 29.5 Å². The maximum atomic E-state index is 12.9. The third kappa shape index (κ3) is 4.36. The third-order valence-electron chi connectivity index (χ3n) is 4.38. The molecule has 0 unspecified atom stereocenters. The molecule has 1 saturated heterocycles. The number of benzene rings is 1. The van der Waals surface area contributed by atoms with Crippen LogP contribution < -0.4 is 4.74 Å². The molecule has 1 aromatic rings. The van der Waals surface area contributed by atoms with E-state index in [-0.39, 0.29) is 11.9 Å². The Hall–Kier alpha value is -1.11. The molecule has 1 aromatic carbocycles. The van der Waals surface area contributed by atoms with Gasteiger partial charge in [-0.3, -0.25) is 9.69 Å². The molecule has 2 fully saturated rings. The molecule has 132 valence electrons. The van der Waals surface area contributed by atoms with Gasteiger partial charge < -0.3 is 4.74 Å². The molecule has 6 heteroatoms. The van der Waals surface area contributed by atoms with Gasteiger partial charge in [0.15, 0.2) is 0 Å². The number of carbonyl (C=O) groups is 1. The predicted molar refractivity (Wildman–Crippen MR) is 112 cm³/mol. The van der Waals surface area contributed by atoms with Crippen LogP contribution in [-0.4, -0.2) is 27.8 Å². The van der Waals surface area contributed by atoms with Crippen molar-refractivity contribution < 1.29 is 9.53 Å². The molecule has 1 saturated carbocycles. The van der Waals surface area contributed by atoms with Crippen LogP contribution in [0.3, 0.4) is 0 Å². The second-order valence-electron chi connectivity index (χ2n) is 6.13. The first-order valence-electron chi connectivity index (χ1n) is 8.40. The van der Waals surface area contributed by atoms with Crippen molar-refractivity contribution in [3.8, 4) is 5.75 Å². The average molecular weight is 438 g/mol. The van der Waals surface area contributed by atoms with Crippen molar-refractivity contribution in [1.29, 1.82) is 0 Å². The van der Waals surface area contributed by atoms with Gasteiger partial charge in [0.05, 0.1) is 4.91 Å². The number of thioether (sulfide) groups is 1. The molecular weight excluding hydrogens is 418 g/mol. The van der Waals surface area contributed by atoms with Crippen LogP contribution in [0.5, 0.6) is 5.75 Å². The summed E-state index contributed by atoms with van der Waals surface area (Å²) in [4.78, 5) is 15.4. The number of rotatable bonds is 5. The molecule has 1 heterocycles. The number of carbonyl (C=O) groups excluding carboxylic acids is 1. The monoisotopic (exact) mass is 437 g/mol. The van der Waals surface area contributed by atoms with Crippen molar-refractivity contribution in [2.45, 2.75) is 38.1 Å². The Bertz CT molecular complexity index is 726. The van der Waals surface area contributed by atoms with Gasteiger partial charge in [-0.05, 0) is 37.1 Å². The minimum absolute atomic E-state index is 0.0246. The van der Waals surface area contributed by atoms with Gasteiger partial charge in [-0.15, -0.1) is 0 Å². The highest BCUT2D eigenvalue weighted by molar-refractivity contribution is 9.10. The van der Waals surface area contributed by atoms with Crippen LogP contribution in [0.15, 0.2) is 40.2 Å². The van der Waals surface area contributed by atoms with Crippen LogP contribution in [0.25, 0.3) is 6.08 Å². The number of nitrogens with zero attached hydrogens (tertiary/aromatic N) is 1. The van der Waals surface area contributed by atoms with Gasteiger partial charge in [-0.1, -0.05) is 71.8 Å². The lowest BCUT2D eigenvalue weighted by Crippen LogP contribution is -2.39. The number of hydrogen-bond acceptors (Lipinski definition) is 4. The van der Waals surface area contributed by atoms with E-state index in [1.807, 2.05) is 29.2 Å². The van der Waals surface area contributed by atoms with Crippen molar-refractivity contribution in [3.63, 3.8) is 0 Å². The molecule has 0 bridgehead atoms. The summed E-state index contributed by atoms with van der Waals surface area (Å²) in [6.45, 7) is 4.10. The average Bonchev–Trinajstić information content (AvgIpc) is 2.88. The summed E-state index contributed by atoms with van der Waals surface area (Å²) in [5, 5.41) is 0. The summed E-state index contributed by atoms with van der Waals surface area (Å²) in [6.07, 6.45) is 9.27. The number of amides is 1. The van der Waals surface area contributed by atoms with Crippen molar-refractivity contribution in [2.75, 3.05) is 6.61 Å². The van der Waals surface area contributed by atoms with E-state index in [1.54, 1.807) is 6.08 Å². The lowest BCUT2D eigenvalue weighted by Gasteiger charge is -2.29. The fourth-order valence-electron chi connectivity index (χ4n) is 3.19. The predicted octanol–water partition coefficient (Wildman–Crippen LogP) is 5.55. The van der Waals surface area contributed by atoms with E-state index in [0.29, 0.717) is 15.8 Å². The van der Waals surface area contributed by atoms with Crippen LogP contribution in [0, 0.1) is 0 Å². The van der Waals surface area contributed by atoms with Crippen molar-refractivity contribution in [2.24, 2.45) is 0 Å². The zero-order valence-electron chi connectivity index (χ0n) is 13.9. The van der Waals surface area contributed by atoms with E-state index in [0.717, 1.165) is 28.6 Å². The van der Waals surface area contributed by atoms with Crippen molar-refractivity contribution in [1.82, 2.24) is 4.90 Å². The van der Waals surface area contributed by atoms with Gasteiger partial charge in [0.2, 0.25) is 0 Å². The van der Waals surface area contributed by atoms with Crippen LogP contribution >= 0.6 is 39.9 Å². The Labute approximate surface area is 166 Å². The summed E-state index contributed by atoms with van der Waals surface area (Å²) in [5.74, 6) is 0.752. The van der Waals surface area contributed by atoms with Crippen LogP contribution in [-0.2, 0) is 4.79 Å². The SMILES string of the molecule is C=CCOc1ccc(Br)cc1/C=C1\SC(=S)N(C2CCCCC2)C1=O. The molecular formula is C19H20BrNO2S2. The van der Waals surface area contributed by atoms with Gasteiger partial charge >= 0.3 is 0 Å². The number of hydrogen-bond donors (Lipinski definition) is 0. The van der Waals surface area contributed by atoms with E-state index in [2.05, 4.69) is 22.5 Å². The van der Waals surface area contributed by atoms with Gasteiger partial charge in [0.25, 0.3) is 5.91 Å². The first-order chi connectivity index (χ1) is 12.1. The number of thiocarbonyl (C=S) groups is 1. The molecule has 0 N–H and O–H groups in total. The Morgan fingerprint density at radius 3 is 2.84 bits per heavy atom. The molecule has 3 nitrogen and oxygen atoms in total. The van der Waals surface area contributed by atoms with Crippen LogP contribution in [0.2, 0.25) is 0 Å².